The van der Waals surface area contributed by atoms with Crippen LogP contribution < -0.4 is 0 Å². The van der Waals surface area contributed by atoms with Crippen molar-refractivity contribution < 1.29 is 14.6 Å². The fraction of sp³-hybridized carbons (Fsp3) is 0.700. The molecule has 6 heteroatoms. The summed E-state index contributed by atoms with van der Waals surface area (Å²) in [6.07, 6.45) is 0. The van der Waals surface area contributed by atoms with Crippen molar-refractivity contribution >= 4 is 5.97 Å². The van der Waals surface area contributed by atoms with Crippen molar-refractivity contribution in [2.45, 2.75) is 32.7 Å². The van der Waals surface area contributed by atoms with Crippen LogP contribution in [0.1, 0.15) is 37.0 Å². The maximum atomic E-state index is 11.0. The zero-order chi connectivity index (χ0) is 12.3. The second-order valence-corrected chi connectivity index (χ2v) is 4.56. The number of carbonyl (C=O) groups is 1. The number of nitrogens with zero attached hydrogens (tertiary/aromatic N) is 3. The van der Waals surface area contributed by atoms with Gasteiger partial charge in [0.1, 0.15) is 0 Å². The summed E-state index contributed by atoms with van der Waals surface area (Å²) >= 11 is 0. The lowest BCUT2D eigenvalue weighted by atomic mass is 9.90. The van der Waals surface area contributed by atoms with Gasteiger partial charge in [-0.05, 0) is 0 Å². The molecule has 0 amide bonds. The average molecular weight is 227 g/mol. The summed E-state index contributed by atoms with van der Waals surface area (Å²) < 4.78 is 6.54. The van der Waals surface area contributed by atoms with E-state index >= 15 is 0 Å². The van der Waals surface area contributed by atoms with Gasteiger partial charge in [0.15, 0.2) is 5.69 Å². The first-order chi connectivity index (χ1) is 7.38. The van der Waals surface area contributed by atoms with Crippen molar-refractivity contribution in [2.24, 2.45) is 0 Å². The Kier molecular flexibility index (Phi) is 3.64. The standard InChI is InChI=1S/C10H17N3O3/c1-10(2,3)8-7(9(14)15)11-12-13(8)5-6-16-4/h5-6H2,1-4H3,(H,14,15). The van der Waals surface area contributed by atoms with E-state index in [1.54, 1.807) is 11.8 Å². The molecule has 0 saturated carbocycles. The molecular weight excluding hydrogens is 210 g/mol. The van der Waals surface area contributed by atoms with Crippen LogP contribution in [0.2, 0.25) is 0 Å². The van der Waals surface area contributed by atoms with Crippen molar-refractivity contribution in [3.05, 3.63) is 11.4 Å². The number of carboxylic acid groups (broad SMARTS) is 1. The Morgan fingerprint density at radius 2 is 2.12 bits per heavy atom. The summed E-state index contributed by atoms with van der Waals surface area (Å²) in [4.78, 5) is 11.0. The number of aromatic nitrogens is 3. The molecule has 1 heterocycles. The average Bonchev–Trinajstić information content (AvgIpc) is 2.57. The molecule has 0 atom stereocenters. The number of aromatic carboxylic acids is 1. The SMILES string of the molecule is COCCn1nnc(C(=O)O)c1C(C)(C)C. The van der Waals surface area contributed by atoms with Gasteiger partial charge >= 0.3 is 5.97 Å². The molecule has 0 unspecified atom stereocenters. The predicted molar refractivity (Wildman–Crippen MR) is 57.6 cm³/mol. The van der Waals surface area contributed by atoms with Crippen molar-refractivity contribution in [2.75, 3.05) is 13.7 Å². The van der Waals surface area contributed by atoms with Crippen LogP contribution in [0, 0.1) is 0 Å². The van der Waals surface area contributed by atoms with Crippen LogP contribution in [0.5, 0.6) is 0 Å². The van der Waals surface area contributed by atoms with E-state index in [1.807, 2.05) is 20.8 Å². The molecule has 0 spiro atoms. The van der Waals surface area contributed by atoms with Crippen LogP contribution >= 0.6 is 0 Å². The Morgan fingerprint density at radius 3 is 2.56 bits per heavy atom. The fourth-order valence-electron chi connectivity index (χ4n) is 1.53. The number of carboxylic acids is 1. The molecule has 1 aromatic heterocycles. The summed E-state index contributed by atoms with van der Waals surface area (Å²) in [6.45, 7) is 6.78. The minimum atomic E-state index is -1.05. The lowest BCUT2D eigenvalue weighted by Crippen LogP contribution is -2.23. The summed E-state index contributed by atoms with van der Waals surface area (Å²) in [6, 6.07) is 0. The molecule has 0 aliphatic rings. The fourth-order valence-corrected chi connectivity index (χ4v) is 1.53. The van der Waals surface area contributed by atoms with Gasteiger partial charge in [-0.1, -0.05) is 26.0 Å². The predicted octanol–water partition coefficient (Wildman–Crippen LogP) is 0.920. The largest absolute Gasteiger partial charge is 0.476 e. The number of hydrogen-bond acceptors (Lipinski definition) is 4. The summed E-state index contributed by atoms with van der Waals surface area (Å²) in [7, 11) is 1.59. The molecule has 1 N–H and O–H groups in total. The van der Waals surface area contributed by atoms with E-state index in [-0.39, 0.29) is 11.1 Å². The smallest absolute Gasteiger partial charge is 0.358 e. The first kappa shape index (κ1) is 12.6. The third-order valence-electron chi connectivity index (χ3n) is 2.16. The Hall–Kier alpha value is -1.43. The quantitative estimate of drug-likeness (QED) is 0.827. The highest BCUT2D eigenvalue weighted by Crippen LogP contribution is 2.24. The highest BCUT2D eigenvalue weighted by atomic mass is 16.5. The third kappa shape index (κ3) is 2.57. The number of rotatable bonds is 4. The molecule has 6 nitrogen and oxygen atoms in total. The van der Waals surface area contributed by atoms with Gasteiger partial charge < -0.3 is 9.84 Å². The van der Waals surface area contributed by atoms with Crippen LogP contribution in [0.4, 0.5) is 0 Å². The Morgan fingerprint density at radius 1 is 1.50 bits per heavy atom. The molecule has 16 heavy (non-hydrogen) atoms. The van der Waals surface area contributed by atoms with E-state index in [2.05, 4.69) is 10.3 Å². The zero-order valence-corrected chi connectivity index (χ0v) is 10.0. The highest BCUT2D eigenvalue weighted by Gasteiger charge is 2.28. The van der Waals surface area contributed by atoms with Crippen LogP contribution in [-0.2, 0) is 16.7 Å². The maximum absolute atomic E-state index is 11.0. The molecule has 1 rings (SSSR count). The van der Waals surface area contributed by atoms with Crippen LogP contribution in [0.15, 0.2) is 0 Å². The van der Waals surface area contributed by atoms with Crippen molar-refractivity contribution in [1.29, 1.82) is 0 Å². The molecule has 0 bridgehead atoms. The molecular formula is C10H17N3O3. The summed E-state index contributed by atoms with van der Waals surface area (Å²) in [5.41, 5.74) is 0.325. The number of ether oxygens (including phenoxy) is 1. The van der Waals surface area contributed by atoms with Crippen molar-refractivity contribution in [1.82, 2.24) is 15.0 Å². The monoisotopic (exact) mass is 227 g/mol. The van der Waals surface area contributed by atoms with Crippen LogP contribution in [0.25, 0.3) is 0 Å². The van der Waals surface area contributed by atoms with Crippen LogP contribution in [0.3, 0.4) is 0 Å². The second-order valence-electron chi connectivity index (χ2n) is 4.56. The lowest BCUT2D eigenvalue weighted by Gasteiger charge is -2.20. The van der Waals surface area contributed by atoms with Gasteiger partial charge in [-0.15, -0.1) is 5.10 Å². The van der Waals surface area contributed by atoms with Gasteiger partial charge in [0, 0.05) is 12.5 Å². The molecule has 0 aliphatic heterocycles. The van der Waals surface area contributed by atoms with E-state index in [9.17, 15) is 4.79 Å². The zero-order valence-electron chi connectivity index (χ0n) is 10.0. The number of hydrogen-bond donors (Lipinski definition) is 1. The third-order valence-corrected chi connectivity index (χ3v) is 2.16. The first-order valence-electron chi connectivity index (χ1n) is 5.04. The van der Waals surface area contributed by atoms with Crippen molar-refractivity contribution in [3.63, 3.8) is 0 Å². The highest BCUT2D eigenvalue weighted by molar-refractivity contribution is 5.86. The Balaban J connectivity index is 3.15. The topological polar surface area (TPSA) is 77.2 Å². The summed E-state index contributed by atoms with van der Waals surface area (Å²) in [5.74, 6) is -1.05. The molecule has 0 saturated heterocycles. The molecule has 0 radical (unpaired) electrons. The van der Waals surface area contributed by atoms with E-state index in [0.29, 0.717) is 18.8 Å². The summed E-state index contributed by atoms with van der Waals surface area (Å²) in [5, 5.41) is 16.6. The van der Waals surface area contributed by atoms with Gasteiger partial charge in [0.25, 0.3) is 0 Å². The molecule has 90 valence electrons. The van der Waals surface area contributed by atoms with Gasteiger partial charge in [-0.3, -0.25) is 0 Å². The van der Waals surface area contributed by atoms with Gasteiger partial charge in [0.05, 0.1) is 18.8 Å². The Bertz CT molecular complexity index is 379. The molecule has 0 fully saturated rings. The second kappa shape index (κ2) is 4.61. The van der Waals surface area contributed by atoms with Crippen LogP contribution in [-0.4, -0.2) is 39.8 Å². The van der Waals surface area contributed by atoms with Gasteiger partial charge in [-0.25, -0.2) is 9.48 Å². The van der Waals surface area contributed by atoms with E-state index in [0.717, 1.165) is 0 Å². The minimum absolute atomic E-state index is 0.0172. The number of methoxy groups -OCH3 is 1. The van der Waals surface area contributed by atoms with Gasteiger partial charge in [0.2, 0.25) is 0 Å². The molecule has 0 aromatic carbocycles. The lowest BCUT2D eigenvalue weighted by molar-refractivity contribution is 0.0687. The van der Waals surface area contributed by atoms with Gasteiger partial charge in [-0.2, -0.15) is 0 Å². The molecule has 1 aromatic rings. The Labute approximate surface area is 94.2 Å². The normalized spacial score (nSPS) is 11.8. The molecule has 0 aliphatic carbocycles. The van der Waals surface area contributed by atoms with E-state index in [4.69, 9.17) is 9.84 Å². The van der Waals surface area contributed by atoms with E-state index in [1.165, 1.54) is 0 Å². The van der Waals surface area contributed by atoms with E-state index < -0.39 is 5.97 Å². The maximum Gasteiger partial charge on any atom is 0.358 e. The first-order valence-corrected chi connectivity index (χ1v) is 5.04. The minimum Gasteiger partial charge on any atom is -0.476 e. The van der Waals surface area contributed by atoms with Crippen molar-refractivity contribution in [3.8, 4) is 0 Å².